The van der Waals surface area contributed by atoms with E-state index in [1.807, 2.05) is 7.05 Å². The average molecular weight is 207 g/mol. The fraction of sp³-hybridized carbons (Fsp3) is 0.714. The highest BCUT2D eigenvalue weighted by atomic mass is 32.4. The van der Waals surface area contributed by atoms with Crippen LogP contribution in [0.4, 0.5) is 0 Å². The Morgan fingerprint density at radius 2 is 2.36 bits per heavy atom. The van der Waals surface area contributed by atoms with Gasteiger partial charge in [-0.15, -0.1) is 12.3 Å². The van der Waals surface area contributed by atoms with E-state index >= 15 is 0 Å². The predicted octanol–water partition coefficient (Wildman–Crippen LogP) is 1.32. The minimum absolute atomic E-state index is 0.242. The van der Waals surface area contributed by atoms with Crippen molar-refractivity contribution in [1.82, 2.24) is 4.67 Å². The molecule has 0 rings (SSSR count). The molecular weight excluding hydrogens is 193 g/mol. The van der Waals surface area contributed by atoms with Crippen molar-refractivity contribution >= 4 is 31.3 Å². The predicted molar refractivity (Wildman–Crippen MR) is 60.4 cm³/mol. The standard InChI is InChI=1S/C7H14NPS2/c1-4-7(6-10)5-8(2)9(3)11/h1,7,9-10H,5-6H2,2-3H3. The van der Waals surface area contributed by atoms with Crippen molar-refractivity contribution in [3.8, 4) is 12.3 Å². The largest absolute Gasteiger partial charge is 0.279 e. The zero-order valence-electron chi connectivity index (χ0n) is 6.87. The maximum absolute atomic E-state index is 5.28. The molecule has 64 valence electrons. The quantitative estimate of drug-likeness (QED) is 0.421. The van der Waals surface area contributed by atoms with Gasteiger partial charge >= 0.3 is 0 Å². The molecule has 2 unspecified atom stereocenters. The summed E-state index contributed by atoms with van der Waals surface area (Å²) in [7, 11) is 2.02. The van der Waals surface area contributed by atoms with E-state index < -0.39 is 6.85 Å². The lowest BCUT2D eigenvalue weighted by atomic mass is 10.2. The van der Waals surface area contributed by atoms with Crippen molar-refractivity contribution in [3.05, 3.63) is 0 Å². The Balaban J connectivity index is 3.83. The molecule has 0 radical (unpaired) electrons. The van der Waals surface area contributed by atoms with Crippen LogP contribution in [-0.4, -0.2) is 30.7 Å². The number of rotatable bonds is 4. The van der Waals surface area contributed by atoms with Crippen LogP contribution in [0.1, 0.15) is 0 Å². The monoisotopic (exact) mass is 207 g/mol. The van der Waals surface area contributed by atoms with Gasteiger partial charge in [0, 0.05) is 18.2 Å². The highest BCUT2D eigenvalue weighted by Crippen LogP contribution is 2.20. The van der Waals surface area contributed by atoms with Gasteiger partial charge in [0.15, 0.2) is 0 Å². The molecule has 0 amide bonds. The van der Waals surface area contributed by atoms with Crippen LogP contribution in [0.2, 0.25) is 0 Å². The number of hydrogen-bond donors (Lipinski definition) is 1. The zero-order chi connectivity index (χ0) is 8.85. The van der Waals surface area contributed by atoms with Gasteiger partial charge in [-0.1, -0.05) is 11.8 Å². The highest BCUT2D eigenvalue weighted by Gasteiger charge is 2.06. The van der Waals surface area contributed by atoms with Gasteiger partial charge in [0.1, 0.15) is 0 Å². The summed E-state index contributed by atoms with van der Waals surface area (Å²) >= 11 is 9.30. The minimum Gasteiger partial charge on any atom is -0.279 e. The Morgan fingerprint density at radius 3 is 2.64 bits per heavy atom. The molecule has 0 aromatic carbocycles. The summed E-state index contributed by atoms with van der Waals surface area (Å²) in [6.07, 6.45) is 5.28. The van der Waals surface area contributed by atoms with E-state index in [1.54, 1.807) is 0 Å². The lowest BCUT2D eigenvalue weighted by molar-refractivity contribution is 0.503. The van der Waals surface area contributed by atoms with Gasteiger partial charge in [0.05, 0.1) is 0 Å². The molecule has 0 saturated heterocycles. The van der Waals surface area contributed by atoms with Gasteiger partial charge in [0.25, 0.3) is 0 Å². The Hall–Kier alpha value is 0.520. The van der Waals surface area contributed by atoms with Crippen molar-refractivity contribution in [1.29, 1.82) is 0 Å². The Bertz CT molecular complexity index is 176. The van der Waals surface area contributed by atoms with Crippen LogP contribution in [0, 0.1) is 18.3 Å². The van der Waals surface area contributed by atoms with Crippen LogP contribution >= 0.6 is 19.5 Å². The lowest BCUT2D eigenvalue weighted by Gasteiger charge is -2.18. The van der Waals surface area contributed by atoms with Gasteiger partial charge in [-0.3, -0.25) is 4.67 Å². The van der Waals surface area contributed by atoms with Crippen LogP contribution in [0.3, 0.4) is 0 Å². The topological polar surface area (TPSA) is 3.24 Å². The third-order valence-electron chi connectivity index (χ3n) is 1.49. The van der Waals surface area contributed by atoms with E-state index in [9.17, 15) is 0 Å². The SMILES string of the molecule is C#CC(CS)CN(C)[PH](C)=S. The Labute approximate surface area is 80.4 Å². The molecular formula is C7H14NPS2. The van der Waals surface area contributed by atoms with E-state index in [1.165, 1.54) is 0 Å². The number of hydrogen-bond acceptors (Lipinski definition) is 2. The second-order valence-electron chi connectivity index (χ2n) is 2.45. The van der Waals surface area contributed by atoms with E-state index in [-0.39, 0.29) is 5.92 Å². The van der Waals surface area contributed by atoms with Crippen LogP contribution in [-0.2, 0) is 11.8 Å². The van der Waals surface area contributed by atoms with E-state index in [0.29, 0.717) is 0 Å². The number of terminal acetylenes is 1. The molecule has 0 saturated carbocycles. The number of thiol groups is 1. The first kappa shape index (κ1) is 11.5. The van der Waals surface area contributed by atoms with Crippen molar-refractivity contribution in [3.63, 3.8) is 0 Å². The van der Waals surface area contributed by atoms with Crippen LogP contribution in [0.15, 0.2) is 0 Å². The second-order valence-corrected chi connectivity index (χ2v) is 6.38. The van der Waals surface area contributed by atoms with Gasteiger partial charge in [-0.2, -0.15) is 12.6 Å². The first-order chi connectivity index (χ1) is 5.11. The summed E-state index contributed by atoms with van der Waals surface area (Å²) in [6, 6.07) is 0. The van der Waals surface area contributed by atoms with Gasteiger partial charge in [-0.25, -0.2) is 0 Å². The molecule has 4 heteroatoms. The first-order valence-corrected chi connectivity index (χ1v) is 7.11. The fourth-order valence-corrected chi connectivity index (χ4v) is 1.54. The lowest BCUT2D eigenvalue weighted by Crippen LogP contribution is -2.19. The second kappa shape index (κ2) is 6.08. The molecule has 0 spiro atoms. The van der Waals surface area contributed by atoms with E-state index in [4.69, 9.17) is 18.2 Å². The normalized spacial score (nSPS) is 15.9. The molecule has 0 fully saturated rings. The summed E-state index contributed by atoms with van der Waals surface area (Å²) in [6.45, 7) is 2.22. The smallest absolute Gasteiger partial charge is 0.0418 e. The van der Waals surface area contributed by atoms with Gasteiger partial charge < -0.3 is 0 Å². The summed E-state index contributed by atoms with van der Waals surface area (Å²) in [5.41, 5.74) is 0. The molecule has 0 aliphatic heterocycles. The summed E-state index contributed by atoms with van der Waals surface area (Å²) < 4.78 is 2.15. The molecule has 1 nitrogen and oxygen atoms in total. The van der Waals surface area contributed by atoms with E-state index in [0.717, 1.165) is 12.3 Å². The van der Waals surface area contributed by atoms with Crippen LogP contribution < -0.4 is 0 Å². The highest BCUT2D eigenvalue weighted by molar-refractivity contribution is 8.03. The molecule has 11 heavy (non-hydrogen) atoms. The third kappa shape index (κ3) is 4.87. The van der Waals surface area contributed by atoms with Gasteiger partial charge in [-0.05, 0) is 20.6 Å². The third-order valence-corrected chi connectivity index (χ3v) is 4.12. The van der Waals surface area contributed by atoms with Crippen molar-refractivity contribution in [2.45, 2.75) is 0 Å². The summed E-state index contributed by atoms with van der Waals surface area (Å²) in [5.74, 6) is 3.67. The molecule has 0 aliphatic carbocycles. The maximum atomic E-state index is 5.28. The molecule has 0 heterocycles. The Kier molecular flexibility index (Phi) is 6.37. The number of nitrogens with zero attached hydrogens (tertiary/aromatic N) is 1. The fourth-order valence-electron chi connectivity index (χ4n) is 0.622. The molecule has 0 aromatic heterocycles. The first-order valence-electron chi connectivity index (χ1n) is 3.40. The van der Waals surface area contributed by atoms with Crippen LogP contribution in [0.5, 0.6) is 0 Å². The summed E-state index contributed by atoms with van der Waals surface area (Å²) in [4.78, 5) is 0. The van der Waals surface area contributed by atoms with Crippen molar-refractivity contribution in [2.24, 2.45) is 5.92 Å². The molecule has 0 bridgehead atoms. The maximum Gasteiger partial charge on any atom is 0.0418 e. The zero-order valence-corrected chi connectivity index (χ0v) is 9.58. The molecule has 2 atom stereocenters. The van der Waals surface area contributed by atoms with E-state index in [2.05, 4.69) is 29.9 Å². The van der Waals surface area contributed by atoms with Gasteiger partial charge in [0.2, 0.25) is 0 Å². The van der Waals surface area contributed by atoms with Crippen molar-refractivity contribution in [2.75, 3.05) is 26.0 Å². The summed E-state index contributed by atoms with van der Waals surface area (Å²) in [5, 5.41) is 0. The molecule has 0 aromatic rings. The average Bonchev–Trinajstić information content (AvgIpc) is 1.99. The van der Waals surface area contributed by atoms with Crippen LogP contribution in [0.25, 0.3) is 0 Å². The Morgan fingerprint density at radius 1 is 1.82 bits per heavy atom. The minimum atomic E-state index is -0.740. The molecule has 0 N–H and O–H groups in total. The van der Waals surface area contributed by atoms with Crippen molar-refractivity contribution < 1.29 is 0 Å². The molecule has 0 aliphatic rings.